The minimum absolute atomic E-state index is 0. The summed E-state index contributed by atoms with van der Waals surface area (Å²) in [7, 11) is 1.74. The van der Waals surface area contributed by atoms with Gasteiger partial charge in [-0.05, 0) is 32.8 Å². The first-order valence-corrected chi connectivity index (χ1v) is 7.86. The lowest BCUT2D eigenvalue weighted by Gasteiger charge is -2.19. The van der Waals surface area contributed by atoms with Gasteiger partial charge in [-0.3, -0.25) is 4.99 Å². The molecular weight excluding hydrogens is 419 g/mol. The van der Waals surface area contributed by atoms with Gasteiger partial charge in [0.2, 0.25) is 0 Å². The van der Waals surface area contributed by atoms with Crippen LogP contribution in [0.25, 0.3) is 0 Å². The van der Waals surface area contributed by atoms with Gasteiger partial charge in [-0.1, -0.05) is 30.3 Å². The second-order valence-electron chi connectivity index (χ2n) is 6.12. The van der Waals surface area contributed by atoms with Gasteiger partial charge in [0.05, 0.1) is 0 Å². The second-order valence-corrected chi connectivity index (χ2v) is 6.12. The maximum atomic E-state index is 11.5. The van der Waals surface area contributed by atoms with Crippen LogP contribution in [0.2, 0.25) is 0 Å². The fraction of sp³-hybridized carbons (Fsp3) is 0.529. The van der Waals surface area contributed by atoms with E-state index in [2.05, 4.69) is 33.1 Å². The molecule has 0 spiro atoms. The molecule has 0 saturated carbocycles. The van der Waals surface area contributed by atoms with Crippen molar-refractivity contribution in [3.05, 3.63) is 35.9 Å². The molecule has 0 heterocycles. The van der Waals surface area contributed by atoms with Crippen molar-refractivity contribution in [1.82, 2.24) is 16.0 Å². The van der Waals surface area contributed by atoms with E-state index in [1.54, 1.807) is 7.05 Å². The number of hydrogen-bond acceptors (Lipinski definition) is 3. The van der Waals surface area contributed by atoms with Crippen LogP contribution in [0.3, 0.4) is 0 Å². The largest absolute Gasteiger partial charge is 0.444 e. The lowest BCUT2D eigenvalue weighted by Crippen LogP contribution is -2.39. The third kappa shape index (κ3) is 11.1. The summed E-state index contributed by atoms with van der Waals surface area (Å²) in [5, 5.41) is 9.18. The van der Waals surface area contributed by atoms with E-state index in [1.165, 1.54) is 5.56 Å². The van der Waals surface area contributed by atoms with Crippen LogP contribution in [0.1, 0.15) is 32.8 Å². The molecule has 136 valence electrons. The van der Waals surface area contributed by atoms with Crippen LogP contribution in [0.4, 0.5) is 4.79 Å². The zero-order chi connectivity index (χ0) is 17.1. The molecule has 0 aliphatic rings. The molecule has 0 saturated heterocycles. The van der Waals surface area contributed by atoms with Crippen molar-refractivity contribution < 1.29 is 9.53 Å². The van der Waals surface area contributed by atoms with E-state index in [9.17, 15) is 4.79 Å². The lowest BCUT2D eigenvalue weighted by molar-refractivity contribution is 0.0527. The van der Waals surface area contributed by atoms with E-state index >= 15 is 0 Å². The molecule has 1 aromatic rings. The van der Waals surface area contributed by atoms with Crippen LogP contribution in [-0.4, -0.2) is 37.8 Å². The Bertz CT molecular complexity index is 501. The summed E-state index contributed by atoms with van der Waals surface area (Å²) in [5.74, 6) is 0.742. The Hall–Kier alpha value is -1.51. The topological polar surface area (TPSA) is 74.8 Å². The Morgan fingerprint density at radius 1 is 1.08 bits per heavy atom. The molecule has 0 unspecified atom stereocenters. The highest BCUT2D eigenvalue weighted by atomic mass is 127. The molecule has 24 heavy (non-hydrogen) atoms. The van der Waals surface area contributed by atoms with Gasteiger partial charge in [-0.25, -0.2) is 4.79 Å². The van der Waals surface area contributed by atoms with E-state index in [1.807, 2.05) is 39.0 Å². The van der Waals surface area contributed by atoms with Gasteiger partial charge in [-0.2, -0.15) is 0 Å². The maximum absolute atomic E-state index is 11.5. The highest BCUT2D eigenvalue weighted by molar-refractivity contribution is 14.0. The first-order chi connectivity index (χ1) is 10.9. The third-order valence-electron chi connectivity index (χ3n) is 2.84. The zero-order valence-corrected chi connectivity index (χ0v) is 17.2. The number of nitrogens with one attached hydrogen (secondary N) is 3. The second kappa shape index (κ2) is 11.9. The molecule has 3 N–H and O–H groups in total. The molecule has 0 atom stereocenters. The van der Waals surface area contributed by atoms with Gasteiger partial charge in [-0.15, -0.1) is 24.0 Å². The molecular formula is C17H29IN4O2. The highest BCUT2D eigenvalue weighted by Gasteiger charge is 2.15. The number of benzene rings is 1. The van der Waals surface area contributed by atoms with E-state index in [-0.39, 0.29) is 30.1 Å². The Morgan fingerprint density at radius 2 is 1.71 bits per heavy atom. The highest BCUT2D eigenvalue weighted by Crippen LogP contribution is 2.06. The molecule has 0 radical (unpaired) electrons. The summed E-state index contributed by atoms with van der Waals surface area (Å²) in [6.45, 7) is 7.52. The lowest BCUT2D eigenvalue weighted by atomic mass is 10.2. The number of ether oxygens (including phenoxy) is 1. The average Bonchev–Trinajstić information content (AvgIpc) is 2.49. The fourth-order valence-electron chi connectivity index (χ4n) is 1.80. The molecule has 1 aromatic carbocycles. The number of aliphatic imine (C=N–C) groups is 1. The number of nitrogens with zero attached hydrogens (tertiary/aromatic N) is 1. The number of carbonyl (C=O) groups excluding carboxylic acids is 1. The van der Waals surface area contributed by atoms with Gasteiger partial charge in [0, 0.05) is 26.7 Å². The number of alkyl carbamates (subject to hydrolysis) is 1. The zero-order valence-electron chi connectivity index (χ0n) is 14.9. The smallest absolute Gasteiger partial charge is 0.407 e. The molecule has 7 heteroatoms. The molecule has 0 aliphatic carbocycles. The third-order valence-corrected chi connectivity index (χ3v) is 2.84. The van der Waals surface area contributed by atoms with Crippen molar-refractivity contribution in [2.24, 2.45) is 4.99 Å². The molecule has 0 fully saturated rings. The number of guanidine groups is 1. The van der Waals surface area contributed by atoms with Crippen molar-refractivity contribution in [1.29, 1.82) is 0 Å². The Labute approximate surface area is 161 Å². The Balaban J connectivity index is 0.00000529. The number of hydrogen-bond donors (Lipinski definition) is 3. The minimum atomic E-state index is -0.467. The number of rotatable bonds is 6. The summed E-state index contributed by atoms with van der Waals surface area (Å²) >= 11 is 0. The van der Waals surface area contributed by atoms with Gasteiger partial charge >= 0.3 is 6.09 Å². The number of halogens is 1. The van der Waals surface area contributed by atoms with E-state index in [0.717, 1.165) is 18.9 Å². The normalized spacial score (nSPS) is 11.2. The standard InChI is InChI=1S/C17H28N4O2.HI/c1-17(2,3)23-16(22)20-12-8-11-19-15(18-4)21-13-14-9-6-5-7-10-14;/h5-7,9-10H,8,11-13H2,1-4H3,(H,20,22)(H2,18,19,21);1H. The molecule has 6 nitrogen and oxygen atoms in total. The fourth-order valence-corrected chi connectivity index (χ4v) is 1.80. The van der Waals surface area contributed by atoms with Gasteiger partial charge in [0.15, 0.2) is 5.96 Å². The van der Waals surface area contributed by atoms with Crippen molar-refractivity contribution >= 4 is 36.0 Å². The predicted molar refractivity (Wildman–Crippen MR) is 109 cm³/mol. The summed E-state index contributed by atoms with van der Waals surface area (Å²) in [6, 6.07) is 10.1. The monoisotopic (exact) mass is 448 g/mol. The van der Waals surface area contributed by atoms with Crippen LogP contribution in [-0.2, 0) is 11.3 Å². The minimum Gasteiger partial charge on any atom is -0.444 e. The SMILES string of the molecule is CN=C(NCCCNC(=O)OC(C)(C)C)NCc1ccccc1.I. The quantitative estimate of drug-likeness (QED) is 0.271. The summed E-state index contributed by atoms with van der Waals surface area (Å²) < 4.78 is 5.17. The summed E-state index contributed by atoms with van der Waals surface area (Å²) in [6.07, 6.45) is 0.398. The van der Waals surface area contributed by atoms with Crippen LogP contribution in [0.5, 0.6) is 0 Å². The Kier molecular flexibility index (Phi) is 11.2. The van der Waals surface area contributed by atoms with Crippen molar-refractivity contribution in [2.45, 2.75) is 39.3 Å². The van der Waals surface area contributed by atoms with Crippen LogP contribution in [0, 0.1) is 0 Å². The number of carbonyl (C=O) groups is 1. The summed E-state index contributed by atoms with van der Waals surface area (Å²) in [4.78, 5) is 15.6. The van der Waals surface area contributed by atoms with Crippen molar-refractivity contribution in [3.8, 4) is 0 Å². The van der Waals surface area contributed by atoms with Crippen LogP contribution >= 0.6 is 24.0 Å². The maximum Gasteiger partial charge on any atom is 0.407 e. The number of amides is 1. The molecule has 0 aromatic heterocycles. The predicted octanol–water partition coefficient (Wildman–Crippen LogP) is 2.88. The van der Waals surface area contributed by atoms with Crippen molar-refractivity contribution in [2.75, 3.05) is 20.1 Å². The van der Waals surface area contributed by atoms with Gasteiger partial charge in [0.25, 0.3) is 0 Å². The van der Waals surface area contributed by atoms with E-state index < -0.39 is 5.60 Å². The van der Waals surface area contributed by atoms with E-state index in [0.29, 0.717) is 13.1 Å². The Morgan fingerprint density at radius 3 is 2.29 bits per heavy atom. The van der Waals surface area contributed by atoms with Gasteiger partial charge < -0.3 is 20.7 Å². The van der Waals surface area contributed by atoms with Gasteiger partial charge in [0.1, 0.15) is 5.60 Å². The molecule has 1 amide bonds. The molecule has 0 bridgehead atoms. The molecule has 0 aliphatic heterocycles. The summed E-state index contributed by atoms with van der Waals surface area (Å²) in [5.41, 5.74) is 0.730. The van der Waals surface area contributed by atoms with Crippen LogP contribution in [0.15, 0.2) is 35.3 Å². The van der Waals surface area contributed by atoms with E-state index in [4.69, 9.17) is 4.74 Å². The molecule has 1 rings (SSSR count). The first-order valence-electron chi connectivity index (χ1n) is 7.86. The average molecular weight is 448 g/mol. The van der Waals surface area contributed by atoms with Crippen LogP contribution < -0.4 is 16.0 Å². The van der Waals surface area contributed by atoms with Crippen molar-refractivity contribution in [3.63, 3.8) is 0 Å². The first kappa shape index (κ1) is 22.5.